The average Bonchev–Trinajstić information content (AvgIpc) is 2.96. The first kappa shape index (κ1) is 14.7. The number of rotatable bonds is 6. The molecule has 0 bridgehead atoms. The van der Waals surface area contributed by atoms with Gasteiger partial charge in [0.15, 0.2) is 5.82 Å². The molecule has 0 aromatic carbocycles. The number of carbonyl (C=O) groups is 1. The SMILES string of the molecule is Cc1cc(NC(=O)CN(C)CCc2scnc2C)no1. The summed E-state index contributed by atoms with van der Waals surface area (Å²) in [5.74, 6) is 1.04. The van der Waals surface area contributed by atoms with E-state index in [0.29, 0.717) is 18.1 Å². The van der Waals surface area contributed by atoms with Crippen LogP contribution >= 0.6 is 11.3 Å². The molecule has 0 aliphatic carbocycles. The first-order chi connectivity index (χ1) is 9.54. The first-order valence-electron chi connectivity index (χ1n) is 6.35. The van der Waals surface area contributed by atoms with E-state index in [9.17, 15) is 4.79 Å². The number of aryl methyl sites for hydroxylation is 2. The van der Waals surface area contributed by atoms with Crippen molar-refractivity contribution in [1.82, 2.24) is 15.0 Å². The number of anilines is 1. The summed E-state index contributed by atoms with van der Waals surface area (Å²) >= 11 is 1.66. The third kappa shape index (κ3) is 4.14. The lowest BCUT2D eigenvalue weighted by atomic mass is 10.3. The molecule has 0 saturated heterocycles. The Kier molecular flexibility index (Phi) is 4.86. The van der Waals surface area contributed by atoms with Gasteiger partial charge in [-0.2, -0.15) is 0 Å². The van der Waals surface area contributed by atoms with Gasteiger partial charge in [-0.25, -0.2) is 4.98 Å². The van der Waals surface area contributed by atoms with E-state index in [-0.39, 0.29) is 5.91 Å². The molecule has 0 unspecified atom stereocenters. The summed E-state index contributed by atoms with van der Waals surface area (Å²) in [6, 6.07) is 1.69. The number of hydrogen-bond acceptors (Lipinski definition) is 6. The molecule has 0 aliphatic rings. The van der Waals surface area contributed by atoms with E-state index in [1.54, 1.807) is 24.3 Å². The number of carbonyl (C=O) groups excluding carboxylic acids is 1. The number of likely N-dealkylation sites (N-methyl/N-ethyl adjacent to an activating group) is 1. The fraction of sp³-hybridized carbons (Fsp3) is 0.462. The lowest BCUT2D eigenvalue weighted by molar-refractivity contribution is -0.117. The smallest absolute Gasteiger partial charge is 0.239 e. The van der Waals surface area contributed by atoms with Crippen LogP contribution in [0.15, 0.2) is 16.1 Å². The minimum Gasteiger partial charge on any atom is -0.360 e. The second-order valence-electron chi connectivity index (χ2n) is 4.72. The Bertz CT molecular complexity index is 578. The van der Waals surface area contributed by atoms with Crippen molar-refractivity contribution in [2.45, 2.75) is 20.3 Å². The molecule has 2 aromatic heterocycles. The second kappa shape index (κ2) is 6.62. The maximum atomic E-state index is 11.8. The van der Waals surface area contributed by atoms with Crippen LogP contribution in [-0.4, -0.2) is 41.1 Å². The molecule has 1 N–H and O–H groups in total. The molecule has 108 valence electrons. The van der Waals surface area contributed by atoms with Crippen LogP contribution in [0.1, 0.15) is 16.3 Å². The highest BCUT2D eigenvalue weighted by Gasteiger charge is 2.10. The van der Waals surface area contributed by atoms with Crippen molar-refractivity contribution in [2.75, 3.05) is 25.5 Å². The highest BCUT2D eigenvalue weighted by Crippen LogP contribution is 2.13. The van der Waals surface area contributed by atoms with E-state index < -0.39 is 0 Å². The Morgan fingerprint density at radius 2 is 2.30 bits per heavy atom. The van der Waals surface area contributed by atoms with Crippen LogP contribution in [0.5, 0.6) is 0 Å². The van der Waals surface area contributed by atoms with Gasteiger partial charge in [0.25, 0.3) is 0 Å². The fourth-order valence-electron chi connectivity index (χ4n) is 1.79. The largest absolute Gasteiger partial charge is 0.360 e. The molecule has 0 atom stereocenters. The lowest BCUT2D eigenvalue weighted by Gasteiger charge is -2.15. The standard InChI is InChI=1S/C13H18N4O2S/c1-9-6-12(16-19-9)15-13(18)7-17(3)5-4-11-10(2)14-8-20-11/h6,8H,4-5,7H2,1-3H3,(H,15,16,18). The number of amides is 1. The number of aromatic nitrogens is 2. The summed E-state index contributed by atoms with van der Waals surface area (Å²) in [5, 5.41) is 6.43. The van der Waals surface area contributed by atoms with E-state index in [1.807, 2.05) is 24.4 Å². The molecule has 0 saturated carbocycles. The number of nitrogens with one attached hydrogen (secondary N) is 1. The van der Waals surface area contributed by atoms with Crippen LogP contribution in [0.4, 0.5) is 5.82 Å². The fourth-order valence-corrected chi connectivity index (χ4v) is 2.56. The van der Waals surface area contributed by atoms with Gasteiger partial charge in [0.2, 0.25) is 5.91 Å². The number of thiazole rings is 1. The molecule has 0 radical (unpaired) electrons. The molecule has 0 spiro atoms. The van der Waals surface area contributed by atoms with E-state index in [1.165, 1.54) is 4.88 Å². The molecule has 2 heterocycles. The van der Waals surface area contributed by atoms with Crippen molar-refractivity contribution in [2.24, 2.45) is 0 Å². The van der Waals surface area contributed by atoms with Crippen LogP contribution in [-0.2, 0) is 11.2 Å². The summed E-state index contributed by atoms with van der Waals surface area (Å²) in [6.45, 7) is 4.93. The summed E-state index contributed by atoms with van der Waals surface area (Å²) < 4.78 is 4.90. The van der Waals surface area contributed by atoms with Gasteiger partial charge in [0.1, 0.15) is 5.76 Å². The van der Waals surface area contributed by atoms with Crippen molar-refractivity contribution < 1.29 is 9.32 Å². The third-order valence-electron chi connectivity index (χ3n) is 2.87. The Morgan fingerprint density at radius 1 is 1.50 bits per heavy atom. The maximum Gasteiger partial charge on any atom is 0.239 e. The summed E-state index contributed by atoms with van der Waals surface area (Å²) in [5.41, 5.74) is 2.93. The number of nitrogens with zero attached hydrogens (tertiary/aromatic N) is 3. The van der Waals surface area contributed by atoms with Crippen molar-refractivity contribution in [3.05, 3.63) is 27.9 Å². The van der Waals surface area contributed by atoms with Gasteiger partial charge in [0.05, 0.1) is 17.7 Å². The van der Waals surface area contributed by atoms with Crippen LogP contribution in [0.2, 0.25) is 0 Å². The molecule has 6 nitrogen and oxygen atoms in total. The highest BCUT2D eigenvalue weighted by molar-refractivity contribution is 7.09. The van der Waals surface area contributed by atoms with E-state index in [4.69, 9.17) is 4.52 Å². The molecule has 7 heteroatoms. The molecule has 0 fully saturated rings. The predicted molar refractivity (Wildman–Crippen MR) is 77.9 cm³/mol. The van der Waals surface area contributed by atoms with Gasteiger partial charge in [0, 0.05) is 17.5 Å². The molecule has 1 amide bonds. The Morgan fingerprint density at radius 3 is 2.90 bits per heavy atom. The zero-order valence-electron chi connectivity index (χ0n) is 11.8. The van der Waals surface area contributed by atoms with Gasteiger partial charge < -0.3 is 9.84 Å². The van der Waals surface area contributed by atoms with E-state index >= 15 is 0 Å². The molecule has 2 rings (SSSR count). The van der Waals surface area contributed by atoms with Gasteiger partial charge in [-0.1, -0.05) is 5.16 Å². The quantitative estimate of drug-likeness (QED) is 0.880. The van der Waals surface area contributed by atoms with Gasteiger partial charge >= 0.3 is 0 Å². The van der Waals surface area contributed by atoms with Crippen LogP contribution in [0.25, 0.3) is 0 Å². The zero-order valence-corrected chi connectivity index (χ0v) is 12.7. The highest BCUT2D eigenvalue weighted by atomic mass is 32.1. The molecule has 20 heavy (non-hydrogen) atoms. The van der Waals surface area contributed by atoms with Crippen molar-refractivity contribution in [1.29, 1.82) is 0 Å². The van der Waals surface area contributed by atoms with E-state index in [0.717, 1.165) is 18.7 Å². The Hall–Kier alpha value is -1.73. The normalized spacial score (nSPS) is 11.0. The van der Waals surface area contributed by atoms with Gasteiger partial charge in [-0.3, -0.25) is 9.69 Å². The van der Waals surface area contributed by atoms with Crippen LogP contribution in [0, 0.1) is 13.8 Å². The van der Waals surface area contributed by atoms with E-state index in [2.05, 4.69) is 15.5 Å². The molecular weight excluding hydrogens is 276 g/mol. The average molecular weight is 294 g/mol. The van der Waals surface area contributed by atoms with Gasteiger partial charge in [-0.05, 0) is 27.3 Å². The first-order valence-corrected chi connectivity index (χ1v) is 7.23. The van der Waals surface area contributed by atoms with Crippen LogP contribution < -0.4 is 5.32 Å². The summed E-state index contributed by atoms with van der Waals surface area (Å²) in [7, 11) is 1.92. The van der Waals surface area contributed by atoms with Gasteiger partial charge in [-0.15, -0.1) is 11.3 Å². The van der Waals surface area contributed by atoms with Crippen molar-refractivity contribution in [3.63, 3.8) is 0 Å². The molecule has 2 aromatic rings. The monoisotopic (exact) mass is 294 g/mol. The zero-order chi connectivity index (χ0) is 14.5. The van der Waals surface area contributed by atoms with Crippen molar-refractivity contribution >= 4 is 23.1 Å². The minimum absolute atomic E-state index is 0.0955. The molecular formula is C13H18N4O2S. The Balaban J connectivity index is 1.75. The predicted octanol–water partition coefficient (Wildman–Crippen LogP) is 1.86. The molecule has 0 aliphatic heterocycles. The topological polar surface area (TPSA) is 71.3 Å². The van der Waals surface area contributed by atoms with Crippen LogP contribution in [0.3, 0.4) is 0 Å². The minimum atomic E-state index is -0.0955. The number of hydrogen-bond donors (Lipinski definition) is 1. The third-order valence-corrected chi connectivity index (χ3v) is 3.87. The summed E-state index contributed by atoms with van der Waals surface area (Å²) in [4.78, 5) is 19.3. The summed E-state index contributed by atoms with van der Waals surface area (Å²) in [6.07, 6.45) is 0.906. The van der Waals surface area contributed by atoms with Crippen molar-refractivity contribution in [3.8, 4) is 0 Å². The second-order valence-corrected chi connectivity index (χ2v) is 5.66. The maximum absolute atomic E-state index is 11.8. The Labute approximate surface area is 121 Å². The lowest BCUT2D eigenvalue weighted by Crippen LogP contribution is -2.31.